The van der Waals surface area contributed by atoms with Crippen molar-refractivity contribution in [3.05, 3.63) is 58.7 Å². The summed E-state index contributed by atoms with van der Waals surface area (Å²) in [7, 11) is -6.92. The molecule has 170 valence electrons. The van der Waals surface area contributed by atoms with E-state index in [4.69, 9.17) is 4.43 Å². The van der Waals surface area contributed by atoms with Gasteiger partial charge in [-0.1, -0.05) is 81.3 Å². The minimum atomic E-state index is -1.95. The van der Waals surface area contributed by atoms with Gasteiger partial charge in [0, 0.05) is 15.2 Å². The molecular weight excluding hydrogens is 429 g/mol. The molecule has 1 unspecified atom stereocenters. The Morgan fingerprint density at radius 3 is 1.53 bits per heavy atom. The van der Waals surface area contributed by atoms with Crippen LogP contribution in [0.4, 0.5) is 0 Å². The lowest BCUT2D eigenvalue weighted by Crippen LogP contribution is -2.75. The van der Waals surface area contributed by atoms with E-state index in [1.165, 1.54) is 27.8 Å². The molecule has 0 aromatic heterocycles. The standard InChI is InChI=1S/C25H48OSi4/c1-19(2)23(6)18-30(28(10,11)12,29(13,14)15)25(26-27(7,8)9)24-21(4)16-20(3)17-22(24)5/h16-17,25H,1,6,18H2,2-5,7-15H3. The van der Waals surface area contributed by atoms with Crippen LogP contribution in [0.1, 0.15) is 34.9 Å². The van der Waals surface area contributed by atoms with Crippen molar-refractivity contribution in [1.29, 1.82) is 0 Å². The third-order valence-electron chi connectivity index (χ3n) is 6.69. The van der Waals surface area contributed by atoms with Gasteiger partial charge in [0.05, 0.1) is 12.8 Å². The normalized spacial score (nSPS) is 14.6. The summed E-state index contributed by atoms with van der Waals surface area (Å²) in [6.45, 7) is 40.5. The van der Waals surface area contributed by atoms with E-state index in [-0.39, 0.29) is 5.73 Å². The highest BCUT2D eigenvalue weighted by Gasteiger charge is 2.61. The zero-order valence-corrected chi connectivity index (χ0v) is 26.3. The lowest BCUT2D eigenvalue weighted by atomic mass is 10.0. The molecule has 1 aromatic rings. The number of allylic oxidation sites excluding steroid dienone is 2. The Kier molecular flexibility index (Phi) is 8.43. The molecule has 0 aliphatic carbocycles. The van der Waals surface area contributed by atoms with Gasteiger partial charge in [-0.2, -0.15) is 0 Å². The van der Waals surface area contributed by atoms with Gasteiger partial charge in [0.15, 0.2) is 8.32 Å². The predicted octanol–water partition coefficient (Wildman–Crippen LogP) is 8.46. The summed E-state index contributed by atoms with van der Waals surface area (Å²) in [6.07, 6.45) is 0. The molecule has 0 saturated heterocycles. The van der Waals surface area contributed by atoms with Crippen molar-refractivity contribution in [2.24, 2.45) is 0 Å². The van der Waals surface area contributed by atoms with Crippen LogP contribution in [0.25, 0.3) is 0 Å². The first kappa shape index (κ1) is 27.6. The third-order valence-corrected chi connectivity index (χ3v) is 47.7. The van der Waals surface area contributed by atoms with Crippen LogP contribution in [0.5, 0.6) is 0 Å². The van der Waals surface area contributed by atoms with Crippen molar-refractivity contribution in [2.45, 2.75) is 98.4 Å². The highest BCUT2D eigenvalue weighted by molar-refractivity contribution is 7.69. The maximum atomic E-state index is 7.32. The van der Waals surface area contributed by atoms with E-state index < -0.39 is 30.6 Å². The van der Waals surface area contributed by atoms with E-state index in [1.54, 1.807) is 0 Å². The summed E-state index contributed by atoms with van der Waals surface area (Å²) >= 11 is 0. The van der Waals surface area contributed by atoms with Gasteiger partial charge in [0.2, 0.25) is 0 Å². The summed E-state index contributed by atoms with van der Waals surface area (Å²) in [4.78, 5) is 0. The van der Waals surface area contributed by atoms with Crippen LogP contribution in [0.3, 0.4) is 0 Å². The molecule has 0 aliphatic rings. The van der Waals surface area contributed by atoms with Crippen molar-refractivity contribution in [3.8, 4) is 0 Å². The number of hydrogen-bond donors (Lipinski definition) is 0. The molecule has 30 heavy (non-hydrogen) atoms. The van der Waals surface area contributed by atoms with Crippen LogP contribution >= 0.6 is 0 Å². The lowest BCUT2D eigenvalue weighted by molar-refractivity contribution is 0.270. The van der Waals surface area contributed by atoms with Gasteiger partial charge in [-0.3, -0.25) is 0 Å². The van der Waals surface area contributed by atoms with Crippen LogP contribution in [0.15, 0.2) is 36.4 Å². The number of aryl methyl sites for hydroxylation is 3. The van der Waals surface area contributed by atoms with E-state index >= 15 is 0 Å². The first-order chi connectivity index (χ1) is 13.2. The maximum absolute atomic E-state index is 7.32. The maximum Gasteiger partial charge on any atom is 0.184 e. The average Bonchev–Trinajstić information content (AvgIpc) is 2.46. The average molecular weight is 477 g/mol. The Balaban J connectivity index is 4.08. The molecule has 0 fully saturated rings. The molecule has 0 amide bonds. The van der Waals surface area contributed by atoms with E-state index in [2.05, 4.69) is 112 Å². The smallest absolute Gasteiger partial charge is 0.184 e. The fraction of sp³-hybridized carbons (Fsp3) is 0.600. The lowest BCUT2D eigenvalue weighted by Gasteiger charge is -2.56. The largest absolute Gasteiger partial charge is 0.414 e. The molecule has 0 saturated carbocycles. The third kappa shape index (κ3) is 5.85. The molecule has 0 radical (unpaired) electrons. The molecule has 1 atom stereocenters. The minimum absolute atomic E-state index is 0.249. The first-order valence-corrected chi connectivity index (χ1v) is 26.0. The minimum Gasteiger partial charge on any atom is -0.414 e. The fourth-order valence-electron chi connectivity index (χ4n) is 5.39. The molecule has 1 aromatic carbocycles. The monoisotopic (exact) mass is 476 g/mol. The van der Waals surface area contributed by atoms with Gasteiger partial charge in [-0.25, -0.2) is 0 Å². The van der Waals surface area contributed by atoms with Gasteiger partial charge in [0.1, 0.15) is 0 Å². The van der Waals surface area contributed by atoms with Crippen LogP contribution in [-0.2, 0) is 4.43 Å². The Morgan fingerprint density at radius 2 is 1.23 bits per heavy atom. The number of rotatable bonds is 9. The van der Waals surface area contributed by atoms with E-state index in [9.17, 15) is 0 Å². The fourth-order valence-corrected chi connectivity index (χ4v) is 53.2. The summed E-state index contributed by atoms with van der Waals surface area (Å²) < 4.78 is 7.32. The van der Waals surface area contributed by atoms with Crippen molar-refractivity contribution in [3.63, 3.8) is 0 Å². The predicted molar refractivity (Wildman–Crippen MR) is 149 cm³/mol. The quantitative estimate of drug-likeness (QED) is 0.256. The molecule has 0 aliphatic heterocycles. The first-order valence-electron chi connectivity index (χ1n) is 11.3. The second-order valence-corrected chi connectivity index (χ2v) is 44.6. The van der Waals surface area contributed by atoms with Crippen molar-refractivity contribution >= 4 is 30.6 Å². The molecule has 0 heterocycles. The van der Waals surface area contributed by atoms with Crippen LogP contribution < -0.4 is 0 Å². The van der Waals surface area contributed by atoms with Crippen LogP contribution in [-0.4, -0.2) is 30.6 Å². The molecule has 0 bridgehead atoms. The Hall–Kier alpha value is -0.472. The molecular formula is C25H48OSi4. The topological polar surface area (TPSA) is 9.23 Å². The highest BCUT2D eigenvalue weighted by atomic mass is 29.6. The van der Waals surface area contributed by atoms with Gasteiger partial charge in [-0.05, 0) is 70.1 Å². The molecule has 0 spiro atoms. The van der Waals surface area contributed by atoms with E-state index in [0.717, 1.165) is 11.6 Å². The zero-order valence-electron chi connectivity index (χ0n) is 22.3. The number of benzene rings is 1. The van der Waals surface area contributed by atoms with E-state index in [0.29, 0.717) is 0 Å². The molecule has 1 nitrogen and oxygen atoms in total. The van der Waals surface area contributed by atoms with E-state index in [1.807, 2.05) is 0 Å². The second-order valence-electron chi connectivity index (χ2n) is 12.5. The van der Waals surface area contributed by atoms with Crippen LogP contribution in [0, 0.1) is 20.8 Å². The van der Waals surface area contributed by atoms with Gasteiger partial charge in [0.25, 0.3) is 0 Å². The second kappa shape index (κ2) is 9.18. The summed E-state index contributed by atoms with van der Waals surface area (Å²) in [6, 6.07) is 5.86. The van der Waals surface area contributed by atoms with Crippen molar-refractivity contribution in [2.75, 3.05) is 0 Å². The Labute approximate surface area is 191 Å². The highest BCUT2D eigenvalue weighted by Crippen LogP contribution is 2.48. The SMILES string of the molecule is C=C(C)C(=C)C[Si](C(O[Si](C)(C)C)c1c(C)cc(C)cc1C)([Si](C)(C)C)[Si](C)(C)C. The van der Waals surface area contributed by atoms with Crippen molar-refractivity contribution < 1.29 is 4.43 Å². The summed E-state index contributed by atoms with van der Waals surface area (Å²) in [5, 5.41) is 0. The summed E-state index contributed by atoms with van der Waals surface area (Å²) in [5.74, 6) is 0. The molecule has 0 N–H and O–H groups in total. The Morgan fingerprint density at radius 1 is 0.833 bits per heavy atom. The Bertz CT molecular complexity index is 767. The zero-order chi connectivity index (χ0) is 23.9. The van der Waals surface area contributed by atoms with Gasteiger partial charge in [-0.15, -0.1) is 0 Å². The number of hydrogen-bond acceptors (Lipinski definition) is 1. The van der Waals surface area contributed by atoms with Crippen LogP contribution in [0.2, 0.25) is 65.0 Å². The van der Waals surface area contributed by atoms with Crippen molar-refractivity contribution in [1.82, 2.24) is 0 Å². The molecule has 1 rings (SSSR count). The summed E-state index contributed by atoms with van der Waals surface area (Å²) in [5.41, 5.74) is 8.31. The van der Waals surface area contributed by atoms with Gasteiger partial charge >= 0.3 is 0 Å². The van der Waals surface area contributed by atoms with Gasteiger partial charge < -0.3 is 4.43 Å². The molecule has 5 heteroatoms.